The van der Waals surface area contributed by atoms with Gasteiger partial charge < -0.3 is 10.6 Å². The van der Waals surface area contributed by atoms with Gasteiger partial charge in [-0.15, -0.1) is 0 Å². The van der Waals surface area contributed by atoms with Crippen molar-refractivity contribution in [2.75, 3.05) is 11.9 Å². The van der Waals surface area contributed by atoms with E-state index >= 15 is 0 Å². The van der Waals surface area contributed by atoms with Crippen molar-refractivity contribution >= 4 is 29.3 Å². The van der Waals surface area contributed by atoms with Crippen LogP contribution >= 0.6 is 0 Å². The lowest BCUT2D eigenvalue weighted by Crippen LogP contribution is -2.32. The molecule has 0 radical (unpaired) electrons. The van der Waals surface area contributed by atoms with E-state index in [4.69, 9.17) is 0 Å². The van der Waals surface area contributed by atoms with Crippen LogP contribution in [-0.4, -0.2) is 23.3 Å². The maximum Gasteiger partial charge on any atom is 0.270 e. The maximum absolute atomic E-state index is 12.1. The van der Waals surface area contributed by atoms with Crippen molar-refractivity contribution in [1.29, 1.82) is 0 Å². The minimum Gasteiger partial charge on any atom is -0.343 e. The lowest BCUT2D eigenvalue weighted by molar-refractivity contribution is -0.384. The Morgan fingerprint density at radius 1 is 1.11 bits per heavy atom. The Bertz CT molecular complexity index is 896. The highest BCUT2D eigenvalue weighted by atomic mass is 16.6. The molecule has 0 aliphatic carbocycles. The molecular formula is C20H21N3O4. The third-order valence-electron chi connectivity index (χ3n) is 3.87. The van der Waals surface area contributed by atoms with Crippen molar-refractivity contribution in [2.24, 2.45) is 0 Å². The van der Waals surface area contributed by atoms with E-state index in [9.17, 15) is 19.7 Å². The van der Waals surface area contributed by atoms with Crippen molar-refractivity contribution in [2.45, 2.75) is 20.8 Å². The van der Waals surface area contributed by atoms with Crippen LogP contribution in [-0.2, 0) is 9.59 Å². The van der Waals surface area contributed by atoms with Gasteiger partial charge in [0.1, 0.15) is 0 Å². The molecule has 27 heavy (non-hydrogen) atoms. The predicted octanol–water partition coefficient (Wildman–Crippen LogP) is 3.29. The number of benzene rings is 2. The number of carbonyl (C=O) groups excluding carboxylic acids is 2. The molecular weight excluding hydrogens is 346 g/mol. The fourth-order valence-corrected chi connectivity index (χ4v) is 2.70. The van der Waals surface area contributed by atoms with Gasteiger partial charge in [-0.1, -0.05) is 29.8 Å². The summed E-state index contributed by atoms with van der Waals surface area (Å²) in [6, 6.07) is 9.87. The number of aryl methyl sites for hydroxylation is 3. The van der Waals surface area contributed by atoms with E-state index in [2.05, 4.69) is 10.6 Å². The molecule has 7 heteroatoms. The number of nitrogens with zero attached hydrogens (tertiary/aromatic N) is 1. The zero-order valence-corrected chi connectivity index (χ0v) is 15.4. The van der Waals surface area contributed by atoms with Gasteiger partial charge in [0.25, 0.3) is 5.69 Å². The molecule has 0 fully saturated rings. The van der Waals surface area contributed by atoms with Crippen LogP contribution in [0.2, 0.25) is 0 Å². The lowest BCUT2D eigenvalue weighted by Gasteiger charge is -2.13. The quantitative estimate of drug-likeness (QED) is 0.465. The van der Waals surface area contributed by atoms with Crippen LogP contribution in [0.1, 0.15) is 22.3 Å². The van der Waals surface area contributed by atoms with Crippen LogP contribution in [0.4, 0.5) is 11.4 Å². The van der Waals surface area contributed by atoms with E-state index in [1.807, 2.05) is 32.9 Å². The predicted molar refractivity (Wildman–Crippen MR) is 104 cm³/mol. The largest absolute Gasteiger partial charge is 0.343 e. The van der Waals surface area contributed by atoms with Crippen LogP contribution in [0.25, 0.3) is 6.08 Å². The summed E-state index contributed by atoms with van der Waals surface area (Å²) in [4.78, 5) is 34.2. The van der Waals surface area contributed by atoms with E-state index in [1.54, 1.807) is 6.07 Å². The Hall–Kier alpha value is -3.48. The van der Waals surface area contributed by atoms with E-state index in [1.165, 1.54) is 30.4 Å². The van der Waals surface area contributed by atoms with Crippen LogP contribution in [0.3, 0.4) is 0 Å². The number of rotatable bonds is 6. The van der Waals surface area contributed by atoms with Gasteiger partial charge >= 0.3 is 0 Å². The molecule has 2 N–H and O–H groups in total. The van der Waals surface area contributed by atoms with Gasteiger partial charge in [-0.05, 0) is 43.5 Å². The van der Waals surface area contributed by atoms with Gasteiger partial charge in [0, 0.05) is 23.9 Å². The van der Waals surface area contributed by atoms with Crippen molar-refractivity contribution in [3.05, 3.63) is 74.8 Å². The molecule has 2 aromatic rings. The normalized spacial score (nSPS) is 10.6. The highest BCUT2D eigenvalue weighted by Gasteiger charge is 2.09. The van der Waals surface area contributed by atoms with E-state index in [-0.39, 0.29) is 18.1 Å². The van der Waals surface area contributed by atoms with Crippen molar-refractivity contribution in [3.8, 4) is 0 Å². The molecule has 2 rings (SSSR count). The first-order valence-corrected chi connectivity index (χ1v) is 8.34. The second kappa shape index (κ2) is 8.75. The second-order valence-corrected chi connectivity index (χ2v) is 6.23. The third kappa shape index (κ3) is 5.78. The molecule has 0 aliphatic heterocycles. The summed E-state index contributed by atoms with van der Waals surface area (Å²) in [7, 11) is 0. The Morgan fingerprint density at radius 2 is 1.78 bits per heavy atom. The molecule has 0 saturated heterocycles. The molecule has 140 valence electrons. The molecule has 0 heterocycles. The fourth-order valence-electron chi connectivity index (χ4n) is 2.70. The summed E-state index contributed by atoms with van der Waals surface area (Å²) in [5.74, 6) is -0.795. The molecule has 0 aromatic heterocycles. The van der Waals surface area contributed by atoms with Crippen LogP contribution < -0.4 is 10.6 Å². The zero-order chi connectivity index (χ0) is 20.0. The van der Waals surface area contributed by atoms with Crippen LogP contribution in [0.15, 0.2) is 42.5 Å². The first-order chi connectivity index (χ1) is 12.8. The smallest absolute Gasteiger partial charge is 0.270 e. The highest BCUT2D eigenvalue weighted by molar-refractivity contribution is 5.98. The second-order valence-electron chi connectivity index (χ2n) is 6.23. The standard InChI is InChI=1S/C20H21N3O4/c1-13-9-14(2)20(15(3)10-13)22-19(25)12-21-18(24)8-7-16-5-4-6-17(11-16)23(26)27/h4-11H,12H2,1-3H3,(H,21,24)(H,22,25). The number of nitro groups is 1. The molecule has 2 amide bonds. The molecule has 0 atom stereocenters. The van der Waals surface area contributed by atoms with Gasteiger partial charge in [-0.3, -0.25) is 19.7 Å². The number of nitro benzene ring substituents is 1. The lowest BCUT2D eigenvalue weighted by atomic mass is 10.1. The SMILES string of the molecule is Cc1cc(C)c(NC(=O)CNC(=O)C=Cc2cccc([N+](=O)[O-])c2)c(C)c1. The molecule has 7 nitrogen and oxygen atoms in total. The molecule has 2 aromatic carbocycles. The molecule has 0 unspecified atom stereocenters. The van der Waals surface area contributed by atoms with Crippen LogP contribution in [0.5, 0.6) is 0 Å². The zero-order valence-electron chi connectivity index (χ0n) is 15.4. The third-order valence-corrected chi connectivity index (χ3v) is 3.87. The highest BCUT2D eigenvalue weighted by Crippen LogP contribution is 2.21. The summed E-state index contributed by atoms with van der Waals surface area (Å²) in [5.41, 5.74) is 4.24. The van der Waals surface area contributed by atoms with Gasteiger partial charge in [0.15, 0.2) is 0 Å². The number of anilines is 1. The topological polar surface area (TPSA) is 101 Å². The number of non-ortho nitro benzene ring substituents is 1. The first kappa shape index (κ1) is 19.8. The summed E-state index contributed by atoms with van der Waals surface area (Å²) in [6.45, 7) is 5.64. The number of hydrogen-bond acceptors (Lipinski definition) is 4. The number of amides is 2. The maximum atomic E-state index is 12.1. The summed E-state index contributed by atoms with van der Waals surface area (Å²) in [6.07, 6.45) is 2.68. The molecule has 0 spiro atoms. The van der Waals surface area contributed by atoms with Crippen LogP contribution in [0, 0.1) is 30.9 Å². The minimum atomic E-state index is -0.503. The van der Waals surface area contributed by atoms with E-state index in [0.717, 1.165) is 22.4 Å². The van der Waals surface area contributed by atoms with Crippen molar-refractivity contribution in [1.82, 2.24) is 5.32 Å². The monoisotopic (exact) mass is 367 g/mol. The van der Waals surface area contributed by atoms with Gasteiger partial charge in [-0.2, -0.15) is 0 Å². The van der Waals surface area contributed by atoms with Gasteiger partial charge in [0.2, 0.25) is 11.8 Å². The average molecular weight is 367 g/mol. The summed E-state index contributed by atoms with van der Waals surface area (Å²) in [5, 5.41) is 16.0. The van der Waals surface area contributed by atoms with Gasteiger partial charge in [-0.25, -0.2) is 0 Å². The molecule has 0 saturated carbocycles. The number of carbonyl (C=O) groups is 2. The number of hydrogen-bond donors (Lipinski definition) is 2. The molecule has 0 aliphatic rings. The van der Waals surface area contributed by atoms with E-state index < -0.39 is 10.8 Å². The summed E-state index contributed by atoms with van der Waals surface area (Å²) >= 11 is 0. The first-order valence-electron chi connectivity index (χ1n) is 8.34. The average Bonchev–Trinajstić information content (AvgIpc) is 2.61. The van der Waals surface area contributed by atoms with E-state index in [0.29, 0.717) is 5.56 Å². The Kier molecular flexibility index (Phi) is 6.43. The fraction of sp³-hybridized carbons (Fsp3) is 0.200. The summed E-state index contributed by atoms with van der Waals surface area (Å²) < 4.78 is 0. The Labute approximate surface area is 157 Å². The minimum absolute atomic E-state index is 0.0548. The van der Waals surface area contributed by atoms with Gasteiger partial charge in [0.05, 0.1) is 11.5 Å². The Morgan fingerprint density at radius 3 is 2.41 bits per heavy atom. The Balaban J connectivity index is 1.91. The molecule has 0 bridgehead atoms. The van der Waals surface area contributed by atoms with Crippen molar-refractivity contribution in [3.63, 3.8) is 0 Å². The number of nitrogens with one attached hydrogen (secondary N) is 2. The van der Waals surface area contributed by atoms with Crippen molar-refractivity contribution < 1.29 is 14.5 Å².